The minimum atomic E-state index is -4.42. The van der Waals surface area contributed by atoms with Gasteiger partial charge in [-0.05, 0) is 25.1 Å². The van der Waals surface area contributed by atoms with E-state index in [4.69, 9.17) is 11.6 Å². The number of hydrogen-bond acceptors (Lipinski definition) is 2. The summed E-state index contributed by atoms with van der Waals surface area (Å²) >= 11 is 5.73. The molecule has 0 saturated heterocycles. The third kappa shape index (κ3) is 3.25. The molecule has 20 heavy (non-hydrogen) atoms. The van der Waals surface area contributed by atoms with E-state index in [0.717, 1.165) is 18.0 Å². The molecule has 1 aromatic carbocycles. The first-order chi connectivity index (χ1) is 9.27. The van der Waals surface area contributed by atoms with Crippen molar-refractivity contribution in [3.8, 4) is 0 Å². The highest BCUT2D eigenvalue weighted by molar-refractivity contribution is 6.30. The molecule has 0 aliphatic carbocycles. The Morgan fingerprint density at radius 3 is 2.55 bits per heavy atom. The monoisotopic (exact) mass is 303 g/mol. The van der Waals surface area contributed by atoms with Crippen LogP contribution in [0.4, 0.5) is 18.9 Å². The maximum absolute atomic E-state index is 12.7. The fourth-order valence-corrected chi connectivity index (χ4v) is 2.18. The van der Waals surface area contributed by atoms with Gasteiger partial charge >= 0.3 is 6.18 Å². The maximum atomic E-state index is 12.7. The molecular weight excluding hydrogens is 291 g/mol. The molecule has 108 valence electrons. The van der Waals surface area contributed by atoms with Gasteiger partial charge in [0.25, 0.3) is 0 Å². The summed E-state index contributed by atoms with van der Waals surface area (Å²) in [6.07, 6.45) is -1.02. The summed E-state index contributed by atoms with van der Waals surface area (Å²) < 4.78 is 40.0. The van der Waals surface area contributed by atoms with E-state index < -0.39 is 11.7 Å². The highest BCUT2D eigenvalue weighted by Crippen LogP contribution is 2.34. The van der Waals surface area contributed by atoms with Gasteiger partial charge in [-0.25, -0.2) is 4.98 Å². The molecule has 3 nitrogen and oxygen atoms in total. The van der Waals surface area contributed by atoms with Crippen molar-refractivity contribution in [2.24, 2.45) is 7.05 Å². The summed E-state index contributed by atoms with van der Waals surface area (Å²) in [5.41, 5.74) is -0.472. The predicted molar refractivity (Wildman–Crippen MR) is 71.7 cm³/mol. The van der Waals surface area contributed by atoms with Crippen LogP contribution in [-0.4, -0.2) is 9.55 Å². The molecule has 0 fully saturated rings. The molecule has 2 rings (SSSR count). The Morgan fingerprint density at radius 1 is 1.30 bits per heavy atom. The largest absolute Gasteiger partial charge is 0.416 e. The van der Waals surface area contributed by atoms with E-state index in [1.807, 2.05) is 14.0 Å². The molecular formula is C13H13ClF3N3. The Hall–Kier alpha value is -1.69. The Morgan fingerprint density at radius 2 is 2.00 bits per heavy atom. The molecule has 1 aromatic heterocycles. The SMILES string of the molecule is CC(Nc1cc(Cl)cc(C(F)(F)F)c1)c1nccn1C. The Kier molecular flexibility index (Phi) is 3.94. The number of alkyl halides is 3. The molecule has 0 aliphatic rings. The van der Waals surface area contributed by atoms with Gasteiger partial charge in [0.15, 0.2) is 0 Å². The summed E-state index contributed by atoms with van der Waals surface area (Å²) in [7, 11) is 1.82. The van der Waals surface area contributed by atoms with Crippen molar-refractivity contribution >= 4 is 17.3 Å². The maximum Gasteiger partial charge on any atom is 0.416 e. The van der Waals surface area contributed by atoms with Gasteiger partial charge in [-0.3, -0.25) is 0 Å². The second-order valence-corrected chi connectivity index (χ2v) is 4.93. The molecule has 0 aliphatic heterocycles. The molecule has 0 bridgehead atoms. The molecule has 1 N–H and O–H groups in total. The van der Waals surface area contributed by atoms with Gasteiger partial charge in [-0.15, -0.1) is 0 Å². The number of rotatable bonds is 3. The summed E-state index contributed by atoms with van der Waals surface area (Å²) in [6, 6.07) is 3.15. The fraction of sp³-hybridized carbons (Fsp3) is 0.308. The minimum Gasteiger partial charge on any atom is -0.375 e. The summed E-state index contributed by atoms with van der Waals surface area (Å²) in [6.45, 7) is 1.82. The predicted octanol–water partition coefficient (Wildman–Crippen LogP) is 4.27. The number of nitrogens with one attached hydrogen (secondary N) is 1. The topological polar surface area (TPSA) is 29.9 Å². The van der Waals surface area contributed by atoms with E-state index in [1.165, 1.54) is 6.07 Å². The number of anilines is 1. The van der Waals surface area contributed by atoms with Crippen molar-refractivity contribution in [1.82, 2.24) is 9.55 Å². The first-order valence-corrected chi connectivity index (χ1v) is 6.26. The highest BCUT2D eigenvalue weighted by atomic mass is 35.5. The number of nitrogens with zero attached hydrogens (tertiary/aromatic N) is 2. The normalized spacial score (nSPS) is 13.3. The van der Waals surface area contributed by atoms with E-state index in [2.05, 4.69) is 10.3 Å². The highest BCUT2D eigenvalue weighted by Gasteiger charge is 2.31. The number of hydrogen-bond donors (Lipinski definition) is 1. The molecule has 0 radical (unpaired) electrons. The van der Waals surface area contributed by atoms with Gasteiger partial charge < -0.3 is 9.88 Å². The van der Waals surface area contributed by atoms with E-state index in [0.29, 0.717) is 5.69 Å². The van der Waals surface area contributed by atoms with Crippen molar-refractivity contribution in [3.63, 3.8) is 0 Å². The quantitative estimate of drug-likeness (QED) is 0.918. The number of aryl methyl sites for hydroxylation is 1. The lowest BCUT2D eigenvalue weighted by molar-refractivity contribution is -0.137. The van der Waals surface area contributed by atoms with Crippen LogP contribution in [0.5, 0.6) is 0 Å². The van der Waals surface area contributed by atoms with Gasteiger partial charge in [0.2, 0.25) is 0 Å². The van der Waals surface area contributed by atoms with Gasteiger partial charge in [0.05, 0.1) is 11.6 Å². The average Bonchev–Trinajstić information content (AvgIpc) is 2.73. The van der Waals surface area contributed by atoms with Crippen LogP contribution in [0, 0.1) is 0 Å². The van der Waals surface area contributed by atoms with Gasteiger partial charge in [0.1, 0.15) is 5.82 Å². The molecule has 1 heterocycles. The summed E-state index contributed by atoms with van der Waals surface area (Å²) in [4.78, 5) is 4.15. The molecule has 0 amide bonds. The lowest BCUT2D eigenvalue weighted by Gasteiger charge is -2.17. The number of imidazole rings is 1. The van der Waals surface area contributed by atoms with E-state index in [9.17, 15) is 13.2 Å². The second kappa shape index (κ2) is 5.36. The smallest absolute Gasteiger partial charge is 0.375 e. The summed E-state index contributed by atoms with van der Waals surface area (Å²) in [5, 5.41) is 3.01. The van der Waals surface area contributed by atoms with Gasteiger partial charge in [-0.2, -0.15) is 13.2 Å². The number of benzene rings is 1. The van der Waals surface area contributed by atoms with Crippen molar-refractivity contribution in [3.05, 3.63) is 47.0 Å². The third-order valence-corrected chi connectivity index (χ3v) is 3.07. The molecule has 1 atom stereocenters. The van der Waals surface area contributed by atoms with E-state index in [1.54, 1.807) is 17.0 Å². The lowest BCUT2D eigenvalue weighted by Crippen LogP contribution is -2.13. The zero-order valence-electron chi connectivity index (χ0n) is 10.9. The van der Waals surface area contributed by atoms with Crippen molar-refractivity contribution in [1.29, 1.82) is 0 Å². The lowest BCUT2D eigenvalue weighted by atomic mass is 10.1. The van der Waals surface area contributed by atoms with E-state index >= 15 is 0 Å². The van der Waals surface area contributed by atoms with Crippen LogP contribution in [0.15, 0.2) is 30.6 Å². The Labute approximate surface area is 119 Å². The molecule has 2 aromatic rings. The first-order valence-electron chi connectivity index (χ1n) is 5.89. The van der Waals surface area contributed by atoms with Crippen LogP contribution >= 0.6 is 11.6 Å². The van der Waals surface area contributed by atoms with Crippen LogP contribution in [0.3, 0.4) is 0 Å². The molecule has 0 spiro atoms. The van der Waals surface area contributed by atoms with Gasteiger partial charge in [0, 0.05) is 30.2 Å². The second-order valence-electron chi connectivity index (χ2n) is 4.49. The first kappa shape index (κ1) is 14.7. The zero-order valence-corrected chi connectivity index (χ0v) is 11.6. The van der Waals surface area contributed by atoms with Crippen molar-refractivity contribution in [2.75, 3.05) is 5.32 Å². The van der Waals surface area contributed by atoms with Crippen LogP contribution in [0.2, 0.25) is 5.02 Å². The molecule has 7 heteroatoms. The molecule has 1 unspecified atom stereocenters. The summed E-state index contributed by atoms with van der Waals surface area (Å²) in [5.74, 6) is 0.721. The van der Waals surface area contributed by atoms with Gasteiger partial charge in [-0.1, -0.05) is 11.6 Å². The fourth-order valence-electron chi connectivity index (χ4n) is 1.95. The zero-order chi connectivity index (χ0) is 14.9. The Balaban J connectivity index is 2.26. The number of halogens is 4. The van der Waals surface area contributed by atoms with E-state index in [-0.39, 0.29) is 11.1 Å². The Bertz CT molecular complexity index is 607. The van der Waals surface area contributed by atoms with Crippen LogP contribution in [0.1, 0.15) is 24.4 Å². The van der Waals surface area contributed by atoms with Crippen molar-refractivity contribution in [2.45, 2.75) is 19.1 Å². The third-order valence-electron chi connectivity index (χ3n) is 2.85. The van der Waals surface area contributed by atoms with Crippen molar-refractivity contribution < 1.29 is 13.2 Å². The number of aromatic nitrogens is 2. The minimum absolute atomic E-state index is 0.0364. The van der Waals surface area contributed by atoms with Crippen LogP contribution in [-0.2, 0) is 13.2 Å². The standard InChI is InChI=1S/C13H13ClF3N3/c1-8(12-18-3-4-20(12)2)19-11-6-9(13(15,16)17)5-10(14)7-11/h3-8,19H,1-2H3. The molecule has 0 saturated carbocycles. The average molecular weight is 304 g/mol. The van der Waals surface area contributed by atoms with Crippen LogP contribution in [0.25, 0.3) is 0 Å². The van der Waals surface area contributed by atoms with Crippen LogP contribution < -0.4 is 5.32 Å².